The Kier molecular flexibility index (Phi) is 1.84. The molecule has 0 aliphatic carbocycles. The second-order valence-corrected chi connectivity index (χ2v) is 4.67. The van der Waals surface area contributed by atoms with E-state index in [1.807, 2.05) is 17.8 Å². The SMILES string of the molecule is Cn1cnc2cc(C(C)(C)C)cnc21. The summed E-state index contributed by atoms with van der Waals surface area (Å²) >= 11 is 0. The molecule has 0 amide bonds. The number of fused-ring (bicyclic) bond motifs is 1. The van der Waals surface area contributed by atoms with Crippen molar-refractivity contribution in [2.45, 2.75) is 26.2 Å². The van der Waals surface area contributed by atoms with Gasteiger partial charge in [-0.2, -0.15) is 0 Å². The fraction of sp³-hybridized carbons (Fsp3) is 0.455. The molecule has 2 aromatic rings. The van der Waals surface area contributed by atoms with Crippen LogP contribution in [-0.2, 0) is 12.5 Å². The predicted octanol–water partition coefficient (Wildman–Crippen LogP) is 2.27. The van der Waals surface area contributed by atoms with E-state index in [0.29, 0.717) is 0 Å². The molecule has 0 aliphatic rings. The Bertz CT molecular complexity index is 463. The van der Waals surface area contributed by atoms with Crippen LogP contribution in [0.15, 0.2) is 18.6 Å². The first-order valence-corrected chi connectivity index (χ1v) is 4.76. The van der Waals surface area contributed by atoms with Crippen LogP contribution >= 0.6 is 0 Å². The van der Waals surface area contributed by atoms with E-state index in [0.717, 1.165) is 11.2 Å². The van der Waals surface area contributed by atoms with E-state index in [1.165, 1.54) is 5.56 Å². The van der Waals surface area contributed by atoms with Crippen molar-refractivity contribution in [2.24, 2.45) is 7.05 Å². The molecule has 0 atom stereocenters. The van der Waals surface area contributed by atoms with Gasteiger partial charge in [-0.25, -0.2) is 9.97 Å². The Morgan fingerprint density at radius 2 is 1.93 bits per heavy atom. The Morgan fingerprint density at radius 3 is 2.57 bits per heavy atom. The van der Waals surface area contributed by atoms with Crippen LogP contribution in [0.5, 0.6) is 0 Å². The van der Waals surface area contributed by atoms with Crippen molar-refractivity contribution in [3.05, 3.63) is 24.2 Å². The van der Waals surface area contributed by atoms with Crippen LogP contribution in [0.4, 0.5) is 0 Å². The molecule has 14 heavy (non-hydrogen) atoms. The number of hydrogen-bond donors (Lipinski definition) is 0. The van der Waals surface area contributed by atoms with E-state index < -0.39 is 0 Å². The van der Waals surface area contributed by atoms with E-state index in [-0.39, 0.29) is 5.41 Å². The summed E-state index contributed by atoms with van der Waals surface area (Å²) in [6.45, 7) is 6.54. The topological polar surface area (TPSA) is 30.7 Å². The lowest BCUT2D eigenvalue weighted by Crippen LogP contribution is -2.11. The van der Waals surface area contributed by atoms with Crippen molar-refractivity contribution in [1.29, 1.82) is 0 Å². The van der Waals surface area contributed by atoms with Crippen LogP contribution in [0, 0.1) is 0 Å². The second kappa shape index (κ2) is 2.80. The summed E-state index contributed by atoms with van der Waals surface area (Å²) in [5, 5.41) is 0. The number of aryl methyl sites for hydroxylation is 1. The predicted molar refractivity (Wildman–Crippen MR) is 57.2 cm³/mol. The normalized spacial score (nSPS) is 12.3. The van der Waals surface area contributed by atoms with Crippen molar-refractivity contribution in [3.63, 3.8) is 0 Å². The van der Waals surface area contributed by atoms with Gasteiger partial charge in [-0.05, 0) is 17.0 Å². The summed E-state index contributed by atoms with van der Waals surface area (Å²) in [6.07, 6.45) is 3.73. The smallest absolute Gasteiger partial charge is 0.159 e. The highest BCUT2D eigenvalue weighted by Gasteiger charge is 2.15. The summed E-state index contributed by atoms with van der Waals surface area (Å²) < 4.78 is 1.93. The van der Waals surface area contributed by atoms with Crippen LogP contribution in [0.25, 0.3) is 11.2 Å². The Balaban J connectivity index is 2.63. The number of aromatic nitrogens is 3. The number of imidazole rings is 1. The fourth-order valence-corrected chi connectivity index (χ4v) is 1.43. The molecule has 2 aromatic heterocycles. The number of hydrogen-bond acceptors (Lipinski definition) is 2. The maximum atomic E-state index is 4.41. The average molecular weight is 189 g/mol. The zero-order chi connectivity index (χ0) is 10.3. The molecule has 0 spiro atoms. The van der Waals surface area contributed by atoms with E-state index >= 15 is 0 Å². The summed E-state index contributed by atoms with van der Waals surface area (Å²) in [7, 11) is 1.96. The molecule has 2 rings (SSSR count). The summed E-state index contributed by atoms with van der Waals surface area (Å²) in [5.74, 6) is 0. The average Bonchev–Trinajstić information content (AvgIpc) is 2.46. The third kappa shape index (κ3) is 1.39. The van der Waals surface area contributed by atoms with Gasteiger partial charge in [-0.15, -0.1) is 0 Å². The molecule has 0 bridgehead atoms. The van der Waals surface area contributed by atoms with Gasteiger partial charge in [-0.1, -0.05) is 20.8 Å². The van der Waals surface area contributed by atoms with Gasteiger partial charge in [0.1, 0.15) is 5.52 Å². The van der Waals surface area contributed by atoms with Crippen LogP contribution in [0.1, 0.15) is 26.3 Å². The highest BCUT2D eigenvalue weighted by atomic mass is 15.1. The third-order valence-corrected chi connectivity index (χ3v) is 2.42. The zero-order valence-electron chi connectivity index (χ0n) is 9.07. The largest absolute Gasteiger partial charge is 0.318 e. The number of nitrogens with zero attached hydrogens (tertiary/aromatic N) is 3. The molecular weight excluding hydrogens is 174 g/mol. The van der Waals surface area contributed by atoms with Crippen molar-refractivity contribution in [1.82, 2.24) is 14.5 Å². The van der Waals surface area contributed by atoms with Gasteiger partial charge in [0.2, 0.25) is 0 Å². The number of rotatable bonds is 0. The quantitative estimate of drug-likeness (QED) is 0.636. The Morgan fingerprint density at radius 1 is 1.21 bits per heavy atom. The van der Waals surface area contributed by atoms with Crippen LogP contribution in [-0.4, -0.2) is 14.5 Å². The molecule has 0 fully saturated rings. The minimum Gasteiger partial charge on any atom is -0.318 e. The summed E-state index contributed by atoms with van der Waals surface area (Å²) in [6, 6.07) is 2.11. The molecule has 3 nitrogen and oxygen atoms in total. The van der Waals surface area contributed by atoms with Gasteiger partial charge in [-0.3, -0.25) is 0 Å². The Labute approximate surface area is 83.8 Å². The second-order valence-electron chi connectivity index (χ2n) is 4.67. The standard InChI is InChI=1S/C11H15N3/c1-11(2,3)8-5-9-10(12-6-8)14(4)7-13-9/h5-7H,1-4H3. The van der Waals surface area contributed by atoms with E-state index in [9.17, 15) is 0 Å². The van der Waals surface area contributed by atoms with Gasteiger partial charge >= 0.3 is 0 Å². The van der Waals surface area contributed by atoms with Crippen molar-refractivity contribution < 1.29 is 0 Å². The van der Waals surface area contributed by atoms with Gasteiger partial charge in [0, 0.05) is 13.2 Å². The van der Waals surface area contributed by atoms with Gasteiger partial charge < -0.3 is 4.57 Å². The number of pyridine rings is 1. The monoisotopic (exact) mass is 189 g/mol. The third-order valence-electron chi connectivity index (χ3n) is 2.42. The van der Waals surface area contributed by atoms with Crippen LogP contribution in [0.2, 0.25) is 0 Å². The zero-order valence-corrected chi connectivity index (χ0v) is 9.07. The van der Waals surface area contributed by atoms with E-state index in [4.69, 9.17) is 0 Å². The molecule has 2 heterocycles. The van der Waals surface area contributed by atoms with Gasteiger partial charge in [0.25, 0.3) is 0 Å². The first-order valence-electron chi connectivity index (χ1n) is 4.76. The van der Waals surface area contributed by atoms with Crippen LogP contribution < -0.4 is 0 Å². The Hall–Kier alpha value is -1.38. The van der Waals surface area contributed by atoms with Crippen molar-refractivity contribution in [2.75, 3.05) is 0 Å². The van der Waals surface area contributed by atoms with Crippen LogP contribution in [0.3, 0.4) is 0 Å². The highest BCUT2D eigenvalue weighted by molar-refractivity contribution is 5.71. The maximum absolute atomic E-state index is 4.41. The first-order chi connectivity index (χ1) is 6.48. The molecule has 3 heteroatoms. The van der Waals surface area contributed by atoms with Crippen molar-refractivity contribution >= 4 is 11.2 Å². The molecule has 0 aromatic carbocycles. The van der Waals surface area contributed by atoms with E-state index in [1.54, 1.807) is 6.33 Å². The van der Waals surface area contributed by atoms with Gasteiger partial charge in [0.05, 0.1) is 6.33 Å². The molecule has 0 N–H and O–H groups in total. The highest BCUT2D eigenvalue weighted by Crippen LogP contribution is 2.23. The lowest BCUT2D eigenvalue weighted by molar-refractivity contribution is 0.588. The molecule has 0 radical (unpaired) electrons. The minimum absolute atomic E-state index is 0.138. The maximum Gasteiger partial charge on any atom is 0.159 e. The summed E-state index contributed by atoms with van der Waals surface area (Å²) in [4.78, 5) is 8.70. The lowest BCUT2D eigenvalue weighted by atomic mass is 9.88. The van der Waals surface area contributed by atoms with Crippen molar-refractivity contribution in [3.8, 4) is 0 Å². The lowest BCUT2D eigenvalue weighted by Gasteiger charge is -2.17. The molecule has 74 valence electrons. The molecule has 0 saturated carbocycles. The molecule has 0 unspecified atom stereocenters. The molecular formula is C11H15N3. The molecule has 0 saturated heterocycles. The molecule has 0 aliphatic heterocycles. The first kappa shape index (κ1) is 9.19. The van der Waals surface area contributed by atoms with Gasteiger partial charge in [0.15, 0.2) is 5.65 Å². The van der Waals surface area contributed by atoms with E-state index in [2.05, 4.69) is 36.8 Å². The fourth-order valence-electron chi connectivity index (χ4n) is 1.43. The summed E-state index contributed by atoms with van der Waals surface area (Å²) in [5.41, 5.74) is 3.28. The minimum atomic E-state index is 0.138.